The maximum absolute atomic E-state index is 12.4. The van der Waals surface area contributed by atoms with Gasteiger partial charge < -0.3 is 0 Å². The van der Waals surface area contributed by atoms with Crippen molar-refractivity contribution in [2.24, 2.45) is 0 Å². The smallest absolute Gasteiger partial charge is 0.207 e. The second-order valence-electron chi connectivity index (χ2n) is 4.44. The van der Waals surface area contributed by atoms with E-state index in [9.17, 15) is 8.42 Å². The Bertz CT molecular complexity index is 653. The molecule has 0 radical (unpaired) electrons. The van der Waals surface area contributed by atoms with Crippen LogP contribution >= 0.6 is 22.9 Å². The lowest BCUT2D eigenvalue weighted by Crippen LogP contribution is -2.28. The Kier molecular flexibility index (Phi) is 5.21. The molecule has 2 aromatic rings. The summed E-state index contributed by atoms with van der Waals surface area (Å²) in [6.45, 7) is 0.457. The van der Waals surface area contributed by atoms with Crippen molar-refractivity contribution in [2.75, 3.05) is 13.6 Å². The molecule has 0 bridgehead atoms. The van der Waals surface area contributed by atoms with Gasteiger partial charge in [0.2, 0.25) is 10.0 Å². The van der Waals surface area contributed by atoms with Crippen LogP contribution in [0.4, 0.5) is 0 Å². The van der Waals surface area contributed by atoms with Crippen LogP contribution in [0.2, 0.25) is 0 Å². The van der Waals surface area contributed by atoms with Gasteiger partial charge in [0.1, 0.15) is 0 Å². The largest absolute Gasteiger partial charge is 0.243 e. The molecule has 108 valence electrons. The summed E-state index contributed by atoms with van der Waals surface area (Å²) in [5.41, 5.74) is 1.13. The van der Waals surface area contributed by atoms with Gasteiger partial charge in [0.05, 0.1) is 10.8 Å². The summed E-state index contributed by atoms with van der Waals surface area (Å²) in [6, 6.07) is 11.5. The van der Waals surface area contributed by atoms with Crippen LogP contribution in [0.25, 0.3) is 0 Å². The van der Waals surface area contributed by atoms with Crippen molar-refractivity contribution in [1.82, 2.24) is 4.31 Å². The summed E-state index contributed by atoms with van der Waals surface area (Å²) < 4.78 is 26.1. The lowest BCUT2D eigenvalue weighted by atomic mass is 10.2. The zero-order chi connectivity index (χ0) is 14.6. The molecular weight excluding hydrogens is 314 g/mol. The van der Waals surface area contributed by atoms with Crippen LogP contribution in [-0.4, -0.2) is 26.3 Å². The Balaban J connectivity index is 2.05. The SMILES string of the molecule is CN(CCc1ccccc1)S(=O)(=O)c1csc(CCl)c1. The standard InChI is InChI=1S/C14H16ClNO2S2/c1-16(8-7-12-5-3-2-4-6-12)20(17,18)14-9-13(10-15)19-11-14/h2-6,9,11H,7-8,10H2,1H3. The Morgan fingerprint density at radius 1 is 1.25 bits per heavy atom. The zero-order valence-electron chi connectivity index (χ0n) is 11.1. The van der Waals surface area contributed by atoms with Gasteiger partial charge in [-0.2, -0.15) is 0 Å². The lowest BCUT2D eigenvalue weighted by molar-refractivity contribution is 0.473. The van der Waals surface area contributed by atoms with Gasteiger partial charge in [-0.15, -0.1) is 22.9 Å². The van der Waals surface area contributed by atoms with E-state index in [-0.39, 0.29) is 0 Å². The number of rotatable bonds is 6. The number of hydrogen-bond donors (Lipinski definition) is 0. The number of benzene rings is 1. The van der Waals surface area contributed by atoms with E-state index in [1.54, 1.807) is 18.5 Å². The zero-order valence-corrected chi connectivity index (χ0v) is 13.5. The van der Waals surface area contributed by atoms with Crippen molar-refractivity contribution in [2.45, 2.75) is 17.2 Å². The molecule has 0 aliphatic rings. The number of thiophene rings is 1. The predicted octanol–water partition coefficient (Wildman–Crippen LogP) is 3.35. The molecular formula is C14H16ClNO2S2. The highest BCUT2D eigenvalue weighted by molar-refractivity contribution is 7.89. The summed E-state index contributed by atoms with van der Waals surface area (Å²) in [4.78, 5) is 1.19. The third kappa shape index (κ3) is 3.61. The molecule has 0 saturated carbocycles. The summed E-state index contributed by atoms with van der Waals surface area (Å²) in [7, 11) is -1.81. The first-order chi connectivity index (χ1) is 9.54. The highest BCUT2D eigenvalue weighted by Gasteiger charge is 2.21. The molecule has 0 aliphatic heterocycles. The molecule has 2 rings (SSSR count). The van der Waals surface area contributed by atoms with E-state index in [1.807, 2.05) is 30.3 Å². The summed E-state index contributed by atoms with van der Waals surface area (Å²) in [5.74, 6) is 0.341. The van der Waals surface area contributed by atoms with Crippen LogP contribution in [0.5, 0.6) is 0 Å². The van der Waals surface area contributed by atoms with E-state index >= 15 is 0 Å². The second-order valence-corrected chi connectivity index (χ2v) is 7.75. The quantitative estimate of drug-likeness (QED) is 0.762. The highest BCUT2D eigenvalue weighted by Crippen LogP contribution is 2.23. The highest BCUT2D eigenvalue weighted by atomic mass is 35.5. The second kappa shape index (κ2) is 6.72. The third-order valence-electron chi connectivity index (χ3n) is 3.03. The van der Waals surface area contributed by atoms with Crippen molar-refractivity contribution in [1.29, 1.82) is 0 Å². The number of hydrogen-bond acceptors (Lipinski definition) is 3. The summed E-state index contributed by atoms with van der Waals surface area (Å²) in [5, 5.41) is 1.64. The fourth-order valence-corrected chi connectivity index (χ4v) is 4.34. The van der Waals surface area contributed by atoms with Gasteiger partial charge in [0.15, 0.2) is 0 Å². The molecule has 0 N–H and O–H groups in total. The van der Waals surface area contributed by atoms with Crippen molar-refractivity contribution in [3.8, 4) is 0 Å². The molecule has 0 aliphatic carbocycles. The molecule has 0 atom stereocenters. The third-order valence-corrected chi connectivity index (χ3v) is 6.39. The number of nitrogens with zero attached hydrogens (tertiary/aromatic N) is 1. The Morgan fingerprint density at radius 2 is 1.95 bits per heavy atom. The minimum absolute atomic E-state index is 0.328. The van der Waals surface area contributed by atoms with E-state index < -0.39 is 10.0 Å². The van der Waals surface area contributed by atoms with Crippen molar-refractivity contribution in [3.63, 3.8) is 0 Å². The Labute approximate surface area is 128 Å². The average Bonchev–Trinajstić information content (AvgIpc) is 2.95. The monoisotopic (exact) mass is 329 g/mol. The molecule has 0 fully saturated rings. The summed E-state index contributed by atoms with van der Waals surface area (Å²) >= 11 is 7.08. The number of likely N-dealkylation sites (N-methyl/N-ethyl adjacent to an activating group) is 1. The number of alkyl halides is 1. The van der Waals surface area contributed by atoms with E-state index in [0.29, 0.717) is 23.7 Å². The fraction of sp³-hybridized carbons (Fsp3) is 0.286. The van der Waals surface area contributed by atoms with Crippen LogP contribution in [0.15, 0.2) is 46.7 Å². The Morgan fingerprint density at radius 3 is 2.55 bits per heavy atom. The van der Waals surface area contributed by atoms with Crippen LogP contribution in [0.3, 0.4) is 0 Å². The van der Waals surface area contributed by atoms with Gasteiger partial charge in [-0.1, -0.05) is 30.3 Å². The van der Waals surface area contributed by atoms with Crippen molar-refractivity contribution >= 4 is 33.0 Å². The van der Waals surface area contributed by atoms with Gasteiger partial charge >= 0.3 is 0 Å². The average molecular weight is 330 g/mol. The molecule has 0 amide bonds. The first-order valence-electron chi connectivity index (χ1n) is 6.17. The van der Waals surface area contributed by atoms with Gasteiger partial charge in [-0.05, 0) is 18.1 Å². The van der Waals surface area contributed by atoms with Crippen LogP contribution < -0.4 is 0 Å². The molecule has 1 aromatic heterocycles. The van der Waals surface area contributed by atoms with Gasteiger partial charge in [0.25, 0.3) is 0 Å². The molecule has 0 spiro atoms. The maximum Gasteiger partial charge on any atom is 0.243 e. The topological polar surface area (TPSA) is 37.4 Å². The summed E-state index contributed by atoms with van der Waals surface area (Å²) in [6.07, 6.45) is 0.697. The van der Waals surface area contributed by atoms with Crippen LogP contribution in [0.1, 0.15) is 10.4 Å². The first kappa shape index (κ1) is 15.5. The van der Waals surface area contributed by atoms with E-state index in [2.05, 4.69) is 0 Å². The van der Waals surface area contributed by atoms with Crippen LogP contribution in [-0.2, 0) is 22.3 Å². The number of sulfonamides is 1. The normalized spacial score (nSPS) is 11.9. The minimum atomic E-state index is -3.41. The van der Waals surface area contributed by atoms with Gasteiger partial charge in [-0.3, -0.25) is 0 Å². The predicted molar refractivity (Wildman–Crippen MR) is 83.8 cm³/mol. The van der Waals surface area contributed by atoms with Gasteiger partial charge in [0, 0.05) is 23.8 Å². The molecule has 20 heavy (non-hydrogen) atoms. The first-order valence-corrected chi connectivity index (χ1v) is 9.03. The van der Waals surface area contributed by atoms with Crippen LogP contribution in [0, 0.1) is 0 Å². The van der Waals surface area contributed by atoms with Crippen molar-refractivity contribution in [3.05, 3.63) is 52.2 Å². The van der Waals surface area contributed by atoms with E-state index in [0.717, 1.165) is 10.4 Å². The van der Waals surface area contributed by atoms with E-state index in [4.69, 9.17) is 11.6 Å². The Hall–Kier alpha value is -0.880. The van der Waals surface area contributed by atoms with Crippen molar-refractivity contribution < 1.29 is 8.42 Å². The van der Waals surface area contributed by atoms with E-state index in [1.165, 1.54) is 15.6 Å². The van der Waals surface area contributed by atoms with Gasteiger partial charge in [-0.25, -0.2) is 12.7 Å². The molecule has 0 unspecified atom stereocenters. The maximum atomic E-state index is 12.4. The fourth-order valence-electron chi connectivity index (χ4n) is 1.80. The lowest BCUT2D eigenvalue weighted by Gasteiger charge is -2.16. The molecule has 1 aromatic carbocycles. The molecule has 0 saturated heterocycles. The molecule has 6 heteroatoms. The number of halogens is 1. The molecule has 1 heterocycles. The minimum Gasteiger partial charge on any atom is -0.207 e. The molecule has 3 nitrogen and oxygen atoms in total.